The Hall–Kier alpha value is -3.87. The summed E-state index contributed by atoms with van der Waals surface area (Å²) in [6, 6.07) is 18.5. The van der Waals surface area contributed by atoms with E-state index in [1.807, 2.05) is 81.4 Å². The van der Waals surface area contributed by atoms with Crippen molar-refractivity contribution in [1.82, 2.24) is 10.2 Å². The number of hydrogen-bond acceptors (Lipinski definition) is 4. The Balaban J connectivity index is 1.48. The first-order valence-electron chi connectivity index (χ1n) is 12.7. The second-order valence-corrected chi connectivity index (χ2v) is 10.5. The molecule has 1 aliphatic heterocycles. The van der Waals surface area contributed by atoms with Gasteiger partial charge < -0.3 is 19.9 Å². The average Bonchev–Trinajstić information content (AvgIpc) is 3.14. The van der Waals surface area contributed by atoms with E-state index in [0.717, 1.165) is 22.0 Å². The highest BCUT2D eigenvalue weighted by Gasteiger charge is 2.31. The van der Waals surface area contributed by atoms with Crippen molar-refractivity contribution in [2.45, 2.75) is 58.7 Å². The first-order chi connectivity index (χ1) is 17.6. The van der Waals surface area contributed by atoms with Crippen LogP contribution in [0.2, 0.25) is 0 Å². The lowest BCUT2D eigenvalue weighted by molar-refractivity contribution is -0.141. The van der Waals surface area contributed by atoms with Gasteiger partial charge in [-0.15, -0.1) is 0 Å². The predicted molar refractivity (Wildman–Crippen MR) is 146 cm³/mol. The molecular formula is C30H35N3O4. The molecule has 194 valence electrons. The number of hydrogen-bond donors (Lipinski definition) is 1. The van der Waals surface area contributed by atoms with Crippen LogP contribution in [0.25, 0.3) is 10.8 Å². The third-order valence-electron chi connectivity index (χ3n) is 6.57. The third-order valence-corrected chi connectivity index (χ3v) is 6.57. The number of carbonyl (C=O) groups excluding carboxylic acids is 3. The van der Waals surface area contributed by atoms with E-state index in [1.54, 1.807) is 23.8 Å². The summed E-state index contributed by atoms with van der Waals surface area (Å²) in [4.78, 5) is 42.9. The highest BCUT2D eigenvalue weighted by Crippen LogP contribution is 2.37. The van der Waals surface area contributed by atoms with E-state index in [4.69, 9.17) is 4.74 Å². The van der Waals surface area contributed by atoms with E-state index in [-0.39, 0.29) is 30.7 Å². The van der Waals surface area contributed by atoms with Crippen LogP contribution in [0.5, 0.6) is 5.75 Å². The molecule has 3 aromatic carbocycles. The molecule has 0 radical (unpaired) electrons. The van der Waals surface area contributed by atoms with Crippen LogP contribution in [0.1, 0.15) is 56.5 Å². The number of nitrogens with zero attached hydrogens (tertiary/aromatic N) is 2. The van der Waals surface area contributed by atoms with Gasteiger partial charge in [-0.25, -0.2) is 0 Å². The molecule has 3 amide bonds. The van der Waals surface area contributed by atoms with Crippen LogP contribution < -0.4 is 15.0 Å². The lowest BCUT2D eigenvalue weighted by atomic mass is 10.1. The number of anilines is 1. The summed E-state index contributed by atoms with van der Waals surface area (Å²) in [5.74, 6) is 0.311. The normalized spacial score (nSPS) is 13.5. The molecule has 0 aromatic heterocycles. The molecule has 0 saturated heterocycles. The van der Waals surface area contributed by atoms with E-state index in [2.05, 4.69) is 5.32 Å². The van der Waals surface area contributed by atoms with Crippen molar-refractivity contribution in [2.75, 3.05) is 18.6 Å². The molecule has 7 heteroatoms. The Morgan fingerprint density at radius 3 is 2.46 bits per heavy atom. The molecule has 3 aromatic rings. The molecule has 1 N–H and O–H groups in total. The maximum absolute atomic E-state index is 13.5. The molecule has 0 fully saturated rings. The van der Waals surface area contributed by atoms with Crippen molar-refractivity contribution in [3.05, 3.63) is 71.8 Å². The Kier molecular flexibility index (Phi) is 7.52. The summed E-state index contributed by atoms with van der Waals surface area (Å²) in [5, 5.41) is 4.98. The lowest BCUT2D eigenvalue weighted by Crippen LogP contribution is -2.52. The Bertz CT molecular complexity index is 1320. The molecule has 0 bridgehead atoms. The van der Waals surface area contributed by atoms with E-state index in [1.165, 1.54) is 0 Å². The molecule has 0 spiro atoms. The number of benzene rings is 3. The van der Waals surface area contributed by atoms with Gasteiger partial charge in [0.1, 0.15) is 11.8 Å². The van der Waals surface area contributed by atoms with Crippen LogP contribution in [-0.4, -0.2) is 47.9 Å². The number of amides is 3. The summed E-state index contributed by atoms with van der Waals surface area (Å²) in [7, 11) is 1.60. The molecule has 1 heterocycles. The summed E-state index contributed by atoms with van der Waals surface area (Å²) in [6.45, 7) is 8.20. The number of methoxy groups -OCH3 is 1. The van der Waals surface area contributed by atoms with Crippen LogP contribution in [-0.2, 0) is 16.1 Å². The van der Waals surface area contributed by atoms with Crippen LogP contribution in [0.3, 0.4) is 0 Å². The molecule has 0 aliphatic carbocycles. The molecule has 1 aliphatic rings. The standard InChI is InChI=1S/C30H35N3O4/c1-20(28(35)31-30(2,3)4)33(19-21-10-6-13-23(18-21)37-5)26(34)16-9-17-32-25-15-8-12-22-11-7-14-24(27(22)25)29(32)36/h6-8,10-15,18,20H,9,16-17,19H2,1-5H3,(H,31,35). The molecule has 7 nitrogen and oxygen atoms in total. The largest absolute Gasteiger partial charge is 0.497 e. The van der Waals surface area contributed by atoms with E-state index in [9.17, 15) is 14.4 Å². The molecule has 37 heavy (non-hydrogen) atoms. The fourth-order valence-corrected chi connectivity index (χ4v) is 4.76. The first kappa shape index (κ1) is 26.2. The van der Waals surface area contributed by atoms with Crippen molar-refractivity contribution in [3.8, 4) is 5.75 Å². The van der Waals surface area contributed by atoms with Crippen molar-refractivity contribution < 1.29 is 19.1 Å². The quantitative estimate of drug-likeness (QED) is 0.451. The van der Waals surface area contributed by atoms with Gasteiger partial charge in [-0.2, -0.15) is 0 Å². The first-order valence-corrected chi connectivity index (χ1v) is 12.7. The summed E-state index contributed by atoms with van der Waals surface area (Å²) in [6.07, 6.45) is 0.699. The summed E-state index contributed by atoms with van der Waals surface area (Å²) in [5.41, 5.74) is 2.05. The summed E-state index contributed by atoms with van der Waals surface area (Å²) < 4.78 is 5.33. The molecule has 1 unspecified atom stereocenters. The molecule has 4 rings (SSSR count). The number of rotatable bonds is 9. The minimum atomic E-state index is -0.663. The van der Waals surface area contributed by atoms with Gasteiger partial charge in [-0.3, -0.25) is 14.4 Å². The van der Waals surface area contributed by atoms with Gasteiger partial charge in [0.25, 0.3) is 5.91 Å². The second-order valence-electron chi connectivity index (χ2n) is 10.5. The van der Waals surface area contributed by atoms with Gasteiger partial charge in [0, 0.05) is 36.0 Å². The second kappa shape index (κ2) is 10.6. The fourth-order valence-electron chi connectivity index (χ4n) is 4.76. The maximum Gasteiger partial charge on any atom is 0.258 e. The van der Waals surface area contributed by atoms with Gasteiger partial charge >= 0.3 is 0 Å². The van der Waals surface area contributed by atoms with Crippen molar-refractivity contribution >= 4 is 34.2 Å². The Labute approximate surface area is 218 Å². The van der Waals surface area contributed by atoms with Gasteiger partial charge in [-0.05, 0) is 69.3 Å². The van der Waals surface area contributed by atoms with Gasteiger partial charge in [0.15, 0.2) is 0 Å². The van der Waals surface area contributed by atoms with Crippen LogP contribution in [0.15, 0.2) is 60.7 Å². The molecule has 0 saturated carbocycles. The smallest absolute Gasteiger partial charge is 0.258 e. The predicted octanol–water partition coefficient (Wildman–Crippen LogP) is 4.92. The van der Waals surface area contributed by atoms with Gasteiger partial charge in [-0.1, -0.05) is 36.4 Å². The number of ether oxygens (including phenoxy) is 1. The van der Waals surface area contributed by atoms with E-state index >= 15 is 0 Å². The number of carbonyl (C=O) groups is 3. The minimum Gasteiger partial charge on any atom is -0.497 e. The number of nitrogens with one attached hydrogen (secondary N) is 1. The summed E-state index contributed by atoms with van der Waals surface area (Å²) >= 11 is 0. The minimum absolute atomic E-state index is 0.0367. The Morgan fingerprint density at radius 2 is 1.76 bits per heavy atom. The SMILES string of the molecule is COc1cccc(CN(C(=O)CCCN2C(=O)c3cccc4cccc2c34)C(C)C(=O)NC(C)(C)C)c1. The topological polar surface area (TPSA) is 79.0 Å². The van der Waals surface area contributed by atoms with Crippen molar-refractivity contribution in [3.63, 3.8) is 0 Å². The van der Waals surface area contributed by atoms with Crippen molar-refractivity contribution in [2.24, 2.45) is 0 Å². The van der Waals surface area contributed by atoms with Crippen LogP contribution in [0.4, 0.5) is 5.69 Å². The fraction of sp³-hybridized carbons (Fsp3) is 0.367. The van der Waals surface area contributed by atoms with Crippen molar-refractivity contribution in [1.29, 1.82) is 0 Å². The van der Waals surface area contributed by atoms with Crippen LogP contribution >= 0.6 is 0 Å². The Morgan fingerprint density at radius 1 is 1.05 bits per heavy atom. The maximum atomic E-state index is 13.5. The average molecular weight is 502 g/mol. The molecular weight excluding hydrogens is 466 g/mol. The molecule has 1 atom stereocenters. The van der Waals surface area contributed by atoms with E-state index < -0.39 is 11.6 Å². The zero-order valence-corrected chi connectivity index (χ0v) is 22.2. The highest BCUT2D eigenvalue weighted by atomic mass is 16.5. The highest BCUT2D eigenvalue weighted by molar-refractivity contribution is 6.25. The zero-order valence-electron chi connectivity index (χ0n) is 22.2. The van der Waals surface area contributed by atoms with Gasteiger partial charge in [0.05, 0.1) is 12.8 Å². The van der Waals surface area contributed by atoms with E-state index in [0.29, 0.717) is 24.3 Å². The van der Waals surface area contributed by atoms with Gasteiger partial charge in [0.2, 0.25) is 11.8 Å². The zero-order chi connectivity index (χ0) is 26.7. The van der Waals surface area contributed by atoms with Crippen LogP contribution in [0, 0.1) is 0 Å². The lowest BCUT2D eigenvalue weighted by Gasteiger charge is -2.31. The monoisotopic (exact) mass is 501 g/mol. The third kappa shape index (κ3) is 5.77.